The van der Waals surface area contributed by atoms with Gasteiger partial charge in [-0.05, 0) is 64.7 Å². The summed E-state index contributed by atoms with van der Waals surface area (Å²) in [6.07, 6.45) is 4.79. The SMILES string of the molecule is C=CCOC(=O)CCc1c(C(=O)OC(C)(C)C)[nH]c(/C(C(=O)OCC=C)=C2\NC(=O)C(C)\C2=C/C)c1C. The van der Waals surface area contributed by atoms with Gasteiger partial charge in [-0.2, -0.15) is 0 Å². The molecular formula is C28H36N2O7. The molecule has 0 aliphatic carbocycles. The summed E-state index contributed by atoms with van der Waals surface area (Å²) in [5.41, 5.74) is 1.63. The number of carbonyl (C=O) groups is 4. The summed E-state index contributed by atoms with van der Waals surface area (Å²) >= 11 is 0. The van der Waals surface area contributed by atoms with Gasteiger partial charge in [-0.3, -0.25) is 9.59 Å². The lowest BCUT2D eigenvalue weighted by Crippen LogP contribution is -2.25. The zero-order valence-electron chi connectivity index (χ0n) is 22.4. The molecule has 0 radical (unpaired) electrons. The molecule has 1 aliphatic rings. The van der Waals surface area contributed by atoms with Crippen LogP contribution in [0.3, 0.4) is 0 Å². The number of aromatic amines is 1. The van der Waals surface area contributed by atoms with Crippen LogP contribution in [0.4, 0.5) is 0 Å². The molecular weight excluding hydrogens is 476 g/mol. The molecule has 1 atom stereocenters. The first-order valence-corrected chi connectivity index (χ1v) is 12.1. The lowest BCUT2D eigenvalue weighted by molar-refractivity contribution is -0.142. The lowest BCUT2D eigenvalue weighted by Gasteiger charge is -2.19. The summed E-state index contributed by atoms with van der Waals surface area (Å²) in [5.74, 6) is -2.56. The average Bonchev–Trinajstić information content (AvgIpc) is 3.29. The molecule has 2 rings (SSSR count). The van der Waals surface area contributed by atoms with Gasteiger partial charge in [-0.1, -0.05) is 31.4 Å². The van der Waals surface area contributed by atoms with Crippen molar-refractivity contribution < 1.29 is 33.4 Å². The van der Waals surface area contributed by atoms with E-state index in [0.29, 0.717) is 22.4 Å². The zero-order chi connectivity index (χ0) is 27.9. The molecule has 1 fully saturated rings. The zero-order valence-corrected chi connectivity index (χ0v) is 22.4. The number of carbonyl (C=O) groups excluding carboxylic acids is 4. The first-order chi connectivity index (χ1) is 17.4. The molecule has 1 aromatic heterocycles. The summed E-state index contributed by atoms with van der Waals surface area (Å²) in [6.45, 7) is 17.6. The molecule has 9 nitrogen and oxygen atoms in total. The maximum Gasteiger partial charge on any atom is 0.355 e. The molecule has 0 bridgehead atoms. The standard InChI is InChI=1S/C28H36N2O7/c1-9-14-35-20(31)13-12-19-16(4)22(29-24(19)27(34)37-28(6,7)8)21(26(33)36-15-10-2)23-18(11-3)17(5)25(32)30-23/h9-11,17,29H,1-2,12-15H2,3-8H3,(H,30,32)/b18-11+,23-21+. The Morgan fingerprint density at radius 1 is 1.05 bits per heavy atom. The number of ether oxygens (including phenoxy) is 3. The van der Waals surface area contributed by atoms with Crippen LogP contribution in [0.1, 0.15) is 68.3 Å². The third-order valence-corrected chi connectivity index (χ3v) is 5.67. The normalized spacial score (nSPS) is 17.7. The Morgan fingerprint density at radius 3 is 2.24 bits per heavy atom. The molecule has 1 saturated heterocycles. The van der Waals surface area contributed by atoms with Crippen LogP contribution in [0.15, 0.2) is 42.7 Å². The maximum atomic E-state index is 13.3. The molecule has 0 saturated carbocycles. The van der Waals surface area contributed by atoms with Crippen LogP contribution in [-0.4, -0.2) is 47.6 Å². The van der Waals surface area contributed by atoms with Crippen LogP contribution < -0.4 is 5.32 Å². The van der Waals surface area contributed by atoms with Gasteiger partial charge in [-0.15, -0.1) is 0 Å². The Hall–Kier alpha value is -3.88. The van der Waals surface area contributed by atoms with Gasteiger partial charge in [0.05, 0.1) is 17.3 Å². The number of nitrogens with one attached hydrogen (secondary N) is 2. The molecule has 9 heteroatoms. The average molecular weight is 513 g/mol. The Balaban J connectivity index is 2.72. The molecule has 2 heterocycles. The molecule has 2 N–H and O–H groups in total. The fourth-order valence-electron chi connectivity index (χ4n) is 3.95. The van der Waals surface area contributed by atoms with Gasteiger partial charge >= 0.3 is 17.9 Å². The summed E-state index contributed by atoms with van der Waals surface area (Å²) in [5, 5.41) is 2.78. The van der Waals surface area contributed by atoms with E-state index in [-0.39, 0.29) is 48.9 Å². The van der Waals surface area contributed by atoms with E-state index in [0.717, 1.165) is 0 Å². The van der Waals surface area contributed by atoms with Crippen LogP contribution in [0.25, 0.3) is 5.57 Å². The maximum absolute atomic E-state index is 13.3. The first kappa shape index (κ1) is 29.4. The first-order valence-electron chi connectivity index (χ1n) is 12.1. The number of H-pyrrole nitrogens is 1. The monoisotopic (exact) mass is 512 g/mol. The summed E-state index contributed by atoms with van der Waals surface area (Å²) in [4.78, 5) is 54.2. The third kappa shape index (κ3) is 7.09. The second kappa shape index (κ2) is 12.4. The van der Waals surface area contributed by atoms with E-state index in [1.807, 2.05) is 0 Å². The van der Waals surface area contributed by atoms with Crippen molar-refractivity contribution in [3.8, 4) is 0 Å². The van der Waals surface area contributed by atoms with Crippen LogP contribution in [0.5, 0.6) is 0 Å². The van der Waals surface area contributed by atoms with Crippen molar-refractivity contribution in [1.82, 2.24) is 10.3 Å². The Bertz CT molecular complexity index is 1160. The van der Waals surface area contributed by atoms with Gasteiger partial charge in [0.1, 0.15) is 30.1 Å². The lowest BCUT2D eigenvalue weighted by atomic mass is 9.95. The van der Waals surface area contributed by atoms with Gasteiger partial charge in [0.25, 0.3) is 0 Å². The van der Waals surface area contributed by atoms with E-state index in [9.17, 15) is 19.2 Å². The highest BCUT2D eigenvalue weighted by molar-refractivity contribution is 6.20. The predicted molar refractivity (Wildman–Crippen MR) is 139 cm³/mol. The van der Waals surface area contributed by atoms with Crippen LogP contribution >= 0.6 is 0 Å². The van der Waals surface area contributed by atoms with Crippen molar-refractivity contribution in [2.24, 2.45) is 5.92 Å². The van der Waals surface area contributed by atoms with Crippen LogP contribution in [-0.2, 0) is 35.0 Å². The van der Waals surface area contributed by atoms with E-state index in [4.69, 9.17) is 14.2 Å². The Kier molecular flexibility index (Phi) is 9.82. The van der Waals surface area contributed by atoms with Gasteiger partial charge in [0, 0.05) is 6.42 Å². The number of aromatic nitrogens is 1. The van der Waals surface area contributed by atoms with Gasteiger partial charge in [-0.25, -0.2) is 9.59 Å². The third-order valence-electron chi connectivity index (χ3n) is 5.67. The van der Waals surface area contributed by atoms with Crippen molar-refractivity contribution in [2.75, 3.05) is 13.2 Å². The highest BCUT2D eigenvalue weighted by Gasteiger charge is 2.36. The van der Waals surface area contributed by atoms with Gasteiger partial charge in [0.15, 0.2) is 0 Å². The second-order valence-corrected chi connectivity index (χ2v) is 9.54. The van der Waals surface area contributed by atoms with Crippen molar-refractivity contribution in [2.45, 2.75) is 60.0 Å². The predicted octanol–water partition coefficient (Wildman–Crippen LogP) is 4.09. The molecule has 0 aromatic carbocycles. The van der Waals surface area contributed by atoms with Gasteiger partial charge in [0.2, 0.25) is 5.91 Å². The summed E-state index contributed by atoms with van der Waals surface area (Å²) < 4.78 is 16.0. The molecule has 37 heavy (non-hydrogen) atoms. The molecule has 1 aliphatic heterocycles. The Morgan fingerprint density at radius 2 is 1.68 bits per heavy atom. The van der Waals surface area contributed by atoms with Crippen molar-refractivity contribution in [1.29, 1.82) is 0 Å². The number of rotatable bonds is 10. The minimum absolute atomic E-state index is 0.0114. The van der Waals surface area contributed by atoms with E-state index >= 15 is 0 Å². The van der Waals surface area contributed by atoms with Gasteiger partial charge < -0.3 is 24.5 Å². The highest BCUT2D eigenvalue weighted by Crippen LogP contribution is 2.35. The van der Waals surface area contributed by atoms with Crippen LogP contribution in [0, 0.1) is 12.8 Å². The van der Waals surface area contributed by atoms with Crippen molar-refractivity contribution in [3.63, 3.8) is 0 Å². The van der Waals surface area contributed by atoms with E-state index in [1.165, 1.54) is 12.2 Å². The second-order valence-electron chi connectivity index (χ2n) is 9.54. The number of esters is 3. The minimum atomic E-state index is -0.784. The number of amides is 1. The highest BCUT2D eigenvalue weighted by atomic mass is 16.6. The molecule has 0 spiro atoms. The topological polar surface area (TPSA) is 124 Å². The summed E-state index contributed by atoms with van der Waals surface area (Å²) in [7, 11) is 0. The smallest absolute Gasteiger partial charge is 0.355 e. The summed E-state index contributed by atoms with van der Waals surface area (Å²) in [6, 6.07) is 0. The quantitative estimate of drug-likeness (QED) is 0.209. The number of hydrogen-bond acceptors (Lipinski definition) is 7. The van der Waals surface area contributed by atoms with Crippen molar-refractivity contribution >= 4 is 29.4 Å². The number of hydrogen-bond donors (Lipinski definition) is 2. The number of allylic oxidation sites excluding steroid dienone is 2. The van der Waals surface area contributed by atoms with E-state index < -0.39 is 29.4 Å². The fraction of sp³-hybridized carbons (Fsp3) is 0.429. The van der Waals surface area contributed by atoms with Crippen molar-refractivity contribution in [3.05, 3.63) is 65.2 Å². The van der Waals surface area contributed by atoms with E-state index in [2.05, 4.69) is 23.5 Å². The molecule has 200 valence electrons. The molecule has 1 unspecified atom stereocenters. The molecule has 1 amide bonds. The largest absolute Gasteiger partial charge is 0.461 e. The van der Waals surface area contributed by atoms with Crippen LogP contribution in [0.2, 0.25) is 0 Å². The Labute approximate surface area is 217 Å². The van der Waals surface area contributed by atoms with E-state index in [1.54, 1.807) is 47.6 Å². The minimum Gasteiger partial charge on any atom is -0.461 e. The fourth-order valence-corrected chi connectivity index (χ4v) is 3.95. The molecule has 1 aromatic rings.